The fraction of sp³-hybridized carbons (Fsp3) is 0.425. The van der Waals surface area contributed by atoms with E-state index in [0.29, 0.717) is 0 Å². The first-order valence-electron chi connectivity index (χ1n) is 17.1. The van der Waals surface area contributed by atoms with Crippen molar-refractivity contribution in [2.24, 2.45) is 11.3 Å². The van der Waals surface area contributed by atoms with Crippen LogP contribution in [0.3, 0.4) is 0 Å². The molecule has 0 aromatic heterocycles. The van der Waals surface area contributed by atoms with Gasteiger partial charge in [-0.25, -0.2) is 14.4 Å². The highest BCUT2D eigenvalue weighted by Crippen LogP contribution is 2.69. The Morgan fingerprint density at radius 1 is 0.596 bits per heavy atom. The van der Waals surface area contributed by atoms with Crippen LogP contribution >= 0.6 is 0 Å². The third kappa shape index (κ3) is 6.03. The molecule has 1 saturated heterocycles. The molecule has 2 saturated carbocycles. The van der Waals surface area contributed by atoms with Crippen LogP contribution in [0.2, 0.25) is 0 Å². The fourth-order valence-corrected chi connectivity index (χ4v) is 8.75. The van der Waals surface area contributed by atoms with Gasteiger partial charge in [-0.3, -0.25) is 9.59 Å². The molecule has 0 unspecified atom stereocenters. The van der Waals surface area contributed by atoms with Gasteiger partial charge in [0.15, 0.2) is 12.2 Å². The first-order chi connectivity index (χ1) is 24.5. The van der Waals surface area contributed by atoms with Crippen molar-refractivity contribution >= 4 is 29.8 Å². The lowest BCUT2D eigenvalue weighted by atomic mass is 9.46. The van der Waals surface area contributed by atoms with Crippen LogP contribution < -0.4 is 0 Å². The largest absolute Gasteiger partial charge is 0.458 e. The molecule has 9 atom stereocenters. The lowest BCUT2D eigenvalue weighted by Gasteiger charge is -2.66. The van der Waals surface area contributed by atoms with Gasteiger partial charge < -0.3 is 33.5 Å². The molecule has 12 heteroatoms. The summed E-state index contributed by atoms with van der Waals surface area (Å²) in [5, 5.41) is 12.8. The van der Waals surface area contributed by atoms with E-state index in [-0.39, 0.29) is 23.1 Å². The predicted octanol–water partition coefficient (Wildman–Crippen LogP) is 4.87. The van der Waals surface area contributed by atoms with E-state index in [1.807, 2.05) is 0 Å². The molecule has 12 nitrogen and oxygen atoms in total. The molecule has 274 valence electrons. The summed E-state index contributed by atoms with van der Waals surface area (Å²) in [7, 11) is 0. The summed E-state index contributed by atoms with van der Waals surface area (Å²) >= 11 is 0. The van der Waals surface area contributed by atoms with E-state index in [9.17, 15) is 29.1 Å². The van der Waals surface area contributed by atoms with Gasteiger partial charge in [0.1, 0.15) is 23.9 Å². The molecule has 3 fully saturated rings. The molecule has 3 aromatic carbocycles. The number of fused-ring (bicyclic) bond motifs is 1. The SMILES string of the molecule is CC(=O)O[C@H]1[C@@H]2[C@@H](OC(=O)c3ccccc3)[C@@]3(OC2(C)C)[C@](C)([C@H]1OC(=O)c1ccccc1)[C@@H](OC(=O)c1ccccc1)[C@H](OC(C)=O)C[C@]3(C)O. The van der Waals surface area contributed by atoms with Gasteiger partial charge in [0, 0.05) is 20.3 Å². The van der Waals surface area contributed by atoms with E-state index in [1.165, 1.54) is 45.0 Å². The molecule has 52 heavy (non-hydrogen) atoms. The topological polar surface area (TPSA) is 161 Å². The lowest BCUT2D eigenvalue weighted by molar-refractivity contribution is -0.348. The number of aliphatic hydroxyl groups is 1. The second-order valence-corrected chi connectivity index (χ2v) is 14.5. The number of carbonyl (C=O) groups excluding carboxylic acids is 5. The molecule has 3 aliphatic rings. The Balaban J connectivity index is 1.63. The minimum atomic E-state index is -2.05. The van der Waals surface area contributed by atoms with Crippen LogP contribution in [0.5, 0.6) is 0 Å². The Morgan fingerprint density at radius 3 is 1.42 bits per heavy atom. The maximum Gasteiger partial charge on any atom is 0.338 e. The molecule has 1 spiro atoms. The third-order valence-electron chi connectivity index (χ3n) is 10.7. The summed E-state index contributed by atoms with van der Waals surface area (Å²) in [6.07, 6.45) is -7.58. The molecular formula is C40H42O12. The van der Waals surface area contributed by atoms with Crippen LogP contribution in [0.15, 0.2) is 91.0 Å². The second-order valence-electron chi connectivity index (χ2n) is 14.5. The number of rotatable bonds is 8. The maximum atomic E-state index is 14.0. The lowest BCUT2D eigenvalue weighted by Crippen LogP contribution is -2.83. The highest BCUT2D eigenvalue weighted by atomic mass is 16.6. The molecule has 2 aliphatic carbocycles. The second kappa shape index (κ2) is 13.5. The Bertz CT molecular complexity index is 1840. The molecule has 6 rings (SSSR count). The van der Waals surface area contributed by atoms with E-state index in [1.54, 1.807) is 87.5 Å². The van der Waals surface area contributed by atoms with Crippen molar-refractivity contribution in [3.05, 3.63) is 108 Å². The Labute approximate surface area is 301 Å². The van der Waals surface area contributed by atoms with Gasteiger partial charge >= 0.3 is 29.8 Å². The highest BCUT2D eigenvalue weighted by molar-refractivity contribution is 5.91. The number of esters is 5. The van der Waals surface area contributed by atoms with Crippen LogP contribution in [0, 0.1) is 11.3 Å². The van der Waals surface area contributed by atoms with Crippen molar-refractivity contribution in [1.82, 2.24) is 0 Å². The van der Waals surface area contributed by atoms with E-state index in [2.05, 4.69) is 0 Å². The molecule has 1 aliphatic heterocycles. The maximum absolute atomic E-state index is 14.0. The zero-order valence-electron chi connectivity index (χ0n) is 29.8. The van der Waals surface area contributed by atoms with Crippen LogP contribution in [-0.4, -0.2) is 82.3 Å². The van der Waals surface area contributed by atoms with E-state index < -0.39 is 88.5 Å². The van der Waals surface area contributed by atoms with Gasteiger partial charge in [-0.15, -0.1) is 0 Å². The van der Waals surface area contributed by atoms with Crippen molar-refractivity contribution in [3.8, 4) is 0 Å². The zero-order chi connectivity index (χ0) is 37.6. The average Bonchev–Trinajstić information content (AvgIpc) is 3.31. The molecule has 0 amide bonds. The molecule has 3 aromatic rings. The van der Waals surface area contributed by atoms with Crippen molar-refractivity contribution in [1.29, 1.82) is 0 Å². The Morgan fingerprint density at radius 2 is 1.00 bits per heavy atom. The van der Waals surface area contributed by atoms with Crippen molar-refractivity contribution < 1.29 is 57.5 Å². The minimum Gasteiger partial charge on any atom is -0.458 e. The molecule has 2 bridgehead atoms. The Kier molecular flexibility index (Phi) is 9.52. The number of hydrogen-bond acceptors (Lipinski definition) is 12. The summed E-state index contributed by atoms with van der Waals surface area (Å²) < 4.78 is 37.8. The average molecular weight is 715 g/mol. The summed E-state index contributed by atoms with van der Waals surface area (Å²) in [6, 6.07) is 24.3. The van der Waals surface area contributed by atoms with E-state index in [0.717, 1.165) is 0 Å². The van der Waals surface area contributed by atoms with E-state index in [4.69, 9.17) is 28.4 Å². The monoisotopic (exact) mass is 714 g/mol. The Hall–Kier alpha value is -5.07. The van der Waals surface area contributed by atoms with Gasteiger partial charge in [-0.2, -0.15) is 0 Å². The predicted molar refractivity (Wildman–Crippen MR) is 183 cm³/mol. The van der Waals surface area contributed by atoms with Gasteiger partial charge in [0.05, 0.1) is 39.2 Å². The molecular weight excluding hydrogens is 672 g/mol. The summed E-state index contributed by atoms with van der Waals surface area (Å²) in [4.78, 5) is 67.6. The third-order valence-corrected chi connectivity index (χ3v) is 10.7. The standard InChI is InChI=1S/C40H42O12/c1-23(41)47-28-22-38(5,46)40-32(50-35(44)26-18-12-8-13-19-26)29(37(3,4)52-40)30(48-24(2)42)33(51-36(45)27-20-14-9-15-21-27)39(40,6)31(28)49-34(43)25-16-10-7-11-17-25/h7-21,28-33,46H,22H2,1-6H3/t28-,29-,30+,31+,32-,33+,38+,39+,40+/m1/s1. The van der Waals surface area contributed by atoms with Gasteiger partial charge in [0.25, 0.3) is 0 Å². The summed E-state index contributed by atoms with van der Waals surface area (Å²) in [5.41, 5.74) is -6.89. The van der Waals surface area contributed by atoms with Gasteiger partial charge in [-0.05, 0) is 64.1 Å². The normalized spacial score (nSPS) is 32.8. The highest BCUT2D eigenvalue weighted by Gasteiger charge is 2.87. The molecule has 1 N–H and O–H groups in total. The number of carbonyl (C=O) groups is 5. The molecule has 1 heterocycles. The fourth-order valence-electron chi connectivity index (χ4n) is 8.75. The van der Waals surface area contributed by atoms with Crippen LogP contribution in [0.25, 0.3) is 0 Å². The smallest absolute Gasteiger partial charge is 0.338 e. The van der Waals surface area contributed by atoms with Crippen LogP contribution in [0.1, 0.15) is 79.0 Å². The van der Waals surface area contributed by atoms with Crippen LogP contribution in [-0.2, 0) is 38.0 Å². The molecule has 0 radical (unpaired) electrons. The minimum absolute atomic E-state index is 0.154. The first-order valence-corrected chi connectivity index (χ1v) is 17.1. The van der Waals surface area contributed by atoms with Gasteiger partial charge in [0.2, 0.25) is 0 Å². The van der Waals surface area contributed by atoms with Crippen LogP contribution in [0.4, 0.5) is 0 Å². The summed E-state index contributed by atoms with van der Waals surface area (Å²) in [6.45, 7) is 8.71. The first kappa shape index (κ1) is 36.7. The number of hydrogen-bond donors (Lipinski definition) is 1. The number of ether oxygens (including phenoxy) is 6. The quantitative estimate of drug-likeness (QED) is 0.250. The van der Waals surface area contributed by atoms with Gasteiger partial charge in [-0.1, -0.05) is 54.6 Å². The number of benzene rings is 3. The van der Waals surface area contributed by atoms with Crippen molar-refractivity contribution in [3.63, 3.8) is 0 Å². The van der Waals surface area contributed by atoms with E-state index >= 15 is 0 Å². The van der Waals surface area contributed by atoms with Crippen molar-refractivity contribution in [2.45, 2.75) is 95.3 Å². The summed E-state index contributed by atoms with van der Waals surface area (Å²) in [5.74, 6) is -4.96. The van der Waals surface area contributed by atoms with Crippen molar-refractivity contribution in [2.75, 3.05) is 0 Å². The zero-order valence-corrected chi connectivity index (χ0v) is 29.8.